The van der Waals surface area contributed by atoms with E-state index in [0.29, 0.717) is 23.2 Å². The lowest BCUT2D eigenvalue weighted by atomic mass is 10.1. The second kappa shape index (κ2) is 7.85. The zero-order chi connectivity index (χ0) is 18.5. The summed E-state index contributed by atoms with van der Waals surface area (Å²) in [6.45, 7) is 4.09. The summed E-state index contributed by atoms with van der Waals surface area (Å²) < 4.78 is 0. The Morgan fingerprint density at radius 2 is 1.73 bits per heavy atom. The van der Waals surface area contributed by atoms with E-state index in [-0.39, 0.29) is 0 Å². The predicted molar refractivity (Wildman–Crippen MR) is 105 cm³/mol. The maximum Gasteiger partial charge on any atom is 0.229 e. The molecule has 1 heterocycles. The highest BCUT2D eigenvalue weighted by atomic mass is 35.5. The van der Waals surface area contributed by atoms with Crippen molar-refractivity contribution in [1.29, 1.82) is 5.26 Å². The zero-order valence-electron chi connectivity index (χ0n) is 14.5. The molecule has 3 aromatic rings. The van der Waals surface area contributed by atoms with Crippen LogP contribution in [0.2, 0.25) is 0 Å². The van der Waals surface area contributed by atoms with Crippen LogP contribution >= 0.6 is 11.6 Å². The fourth-order valence-corrected chi connectivity index (χ4v) is 2.86. The molecular formula is C20H18ClN5. The van der Waals surface area contributed by atoms with Crippen LogP contribution in [-0.2, 0) is 5.88 Å². The Labute approximate surface area is 157 Å². The molecule has 0 atom stereocenters. The van der Waals surface area contributed by atoms with Gasteiger partial charge in [-0.2, -0.15) is 10.2 Å². The molecule has 0 radical (unpaired) electrons. The van der Waals surface area contributed by atoms with Crippen molar-refractivity contribution in [1.82, 2.24) is 9.97 Å². The Hall–Kier alpha value is -3.10. The number of aryl methyl sites for hydroxylation is 2. The van der Waals surface area contributed by atoms with E-state index in [1.165, 1.54) is 0 Å². The van der Waals surface area contributed by atoms with Crippen molar-refractivity contribution in [3.8, 4) is 6.07 Å². The molecule has 0 bridgehead atoms. The summed E-state index contributed by atoms with van der Waals surface area (Å²) >= 11 is 5.93. The maximum atomic E-state index is 8.86. The number of nitrogens with zero attached hydrogens (tertiary/aromatic N) is 3. The minimum atomic E-state index is 0.479. The molecule has 5 nitrogen and oxygen atoms in total. The molecule has 130 valence electrons. The number of nitrogens with one attached hydrogen (secondary N) is 2. The van der Waals surface area contributed by atoms with Gasteiger partial charge in [0.25, 0.3) is 0 Å². The molecule has 26 heavy (non-hydrogen) atoms. The zero-order valence-corrected chi connectivity index (χ0v) is 15.3. The van der Waals surface area contributed by atoms with E-state index in [2.05, 4.69) is 38.8 Å². The molecule has 0 amide bonds. The molecule has 1 aromatic heterocycles. The molecule has 2 N–H and O–H groups in total. The van der Waals surface area contributed by atoms with Gasteiger partial charge in [-0.15, -0.1) is 11.6 Å². The quantitative estimate of drug-likeness (QED) is 0.610. The number of rotatable bonds is 5. The van der Waals surface area contributed by atoms with Gasteiger partial charge >= 0.3 is 0 Å². The number of alkyl halides is 1. The number of anilines is 4. The Balaban J connectivity index is 1.80. The Morgan fingerprint density at radius 1 is 1.04 bits per heavy atom. The summed E-state index contributed by atoms with van der Waals surface area (Å²) in [5.74, 6) is 1.67. The van der Waals surface area contributed by atoms with Crippen molar-refractivity contribution >= 4 is 34.7 Å². The van der Waals surface area contributed by atoms with Crippen molar-refractivity contribution in [3.63, 3.8) is 0 Å². The van der Waals surface area contributed by atoms with Crippen LogP contribution in [0.25, 0.3) is 0 Å². The predicted octanol–water partition coefficient (Wildman–Crippen LogP) is 5.19. The second-order valence-corrected chi connectivity index (χ2v) is 6.21. The van der Waals surface area contributed by atoms with E-state index < -0.39 is 0 Å². The first-order valence-corrected chi connectivity index (χ1v) is 8.66. The van der Waals surface area contributed by atoms with Gasteiger partial charge in [0.05, 0.1) is 11.6 Å². The van der Waals surface area contributed by atoms with Gasteiger partial charge in [-0.1, -0.05) is 12.1 Å². The first-order chi connectivity index (χ1) is 12.6. The topological polar surface area (TPSA) is 73.6 Å². The van der Waals surface area contributed by atoms with Crippen molar-refractivity contribution < 1.29 is 0 Å². The van der Waals surface area contributed by atoms with Crippen molar-refractivity contribution in [2.75, 3.05) is 10.6 Å². The van der Waals surface area contributed by atoms with Gasteiger partial charge in [-0.3, -0.25) is 0 Å². The minimum absolute atomic E-state index is 0.479. The van der Waals surface area contributed by atoms with Gasteiger partial charge in [0.1, 0.15) is 5.82 Å². The van der Waals surface area contributed by atoms with Gasteiger partial charge in [0, 0.05) is 23.5 Å². The van der Waals surface area contributed by atoms with Crippen molar-refractivity contribution in [2.24, 2.45) is 0 Å². The number of benzene rings is 2. The van der Waals surface area contributed by atoms with E-state index >= 15 is 0 Å². The smallest absolute Gasteiger partial charge is 0.229 e. The van der Waals surface area contributed by atoms with Crippen LogP contribution in [0.4, 0.5) is 23.1 Å². The average Bonchev–Trinajstić information content (AvgIpc) is 2.65. The fourth-order valence-electron chi connectivity index (χ4n) is 2.70. The van der Waals surface area contributed by atoms with Crippen LogP contribution < -0.4 is 10.6 Å². The lowest BCUT2D eigenvalue weighted by Gasteiger charge is -2.14. The van der Waals surface area contributed by atoms with Crippen LogP contribution in [0.1, 0.15) is 22.3 Å². The highest BCUT2D eigenvalue weighted by Gasteiger charge is 2.07. The van der Waals surface area contributed by atoms with E-state index in [0.717, 1.165) is 28.1 Å². The highest BCUT2D eigenvalue weighted by Crippen LogP contribution is 2.26. The normalized spacial score (nSPS) is 10.2. The van der Waals surface area contributed by atoms with E-state index in [1.54, 1.807) is 18.3 Å². The maximum absolute atomic E-state index is 8.86. The average molecular weight is 364 g/mol. The lowest BCUT2D eigenvalue weighted by Crippen LogP contribution is -2.02. The van der Waals surface area contributed by atoms with Gasteiger partial charge < -0.3 is 10.6 Å². The summed E-state index contributed by atoms with van der Waals surface area (Å²) in [5, 5.41) is 15.4. The summed E-state index contributed by atoms with van der Waals surface area (Å²) in [6.07, 6.45) is 1.69. The molecule has 6 heteroatoms. The van der Waals surface area contributed by atoms with E-state index in [4.69, 9.17) is 16.9 Å². The molecule has 0 saturated carbocycles. The van der Waals surface area contributed by atoms with Gasteiger partial charge in [0.15, 0.2) is 0 Å². The van der Waals surface area contributed by atoms with Crippen molar-refractivity contribution in [3.05, 3.63) is 70.9 Å². The summed E-state index contributed by atoms with van der Waals surface area (Å²) in [7, 11) is 0. The molecule has 0 unspecified atom stereocenters. The Morgan fingerprint density at radius 3 is 2.35 bits per heavy atom. The number of aromatic nitrogens is 2. The SMILES string of the molecule is Cc1cc(CCl)cc(C)c1Nc1ccnc(Nc2ccc(C#N)cc2)n1. The molecule has 0 aliphatic heterocycles. The van der Waals surface area contributed by atoms with Gasteiger partial charge in [-0.05, 0) is 60.9 Å². The summed E-state index contributed by atoms with van der Waals surface area (Å²) in [4.78, 5) is 8.75. The molecule has 0 saturated heterocycles. The van der Waals surface area contributed by atoms with Gasteiger partial charge in [-0.25, -0.2) is 4.98 Å². The molecule has 0 spiro atoms. The van der Waals surface area contributed by atoms with E-state index in [1.807, 2.05) is 32.0 Å². The molecule has 3 rings (SSSR count). The first-order valence-electron chi connectivity index (χ1n) is 8.12. The summed E-state index contributed by atoms with van der Waals surface area (Å²) in [5.41, 5.74) is 5.76. The number of nitriles is 1. The molecular weight excluding hydrogens is 346 g/mol. The molecule has 0 fully saturated rings. The Kier molecular flexibility index (Phi) is 5.35. The molecule has 0 aliphatic carbocycles. The number of halogens is 1. The summed E-state index contributed by atoms with van der Waals surface area (Å²) in [6, 6.07) is 15.2. The van der Waals surface area contributed by atoms with Crippen molar-refractivity contribution in [2.45, 2.75) is 19.7 Å². The van der Waals surface area contributed by atoms with E-state index in [9.17, 15) is 0 Å². The van der Waals surface area contributed by atoms with Crippen LogP contribution in [0.3, 0.4) is 0 Å². The lowest BCUT2D eigenvalue weighted by molar-refractivity contribution is 1.16. The van der Waals surface area contributed by atoms with Crippen LogP contribution in [-0.4, -0.2) is 9.97 Å². The number of hydrogen-bond donors (Lipinski definition) is 2. The third kappa shape index (κ3) is 4.11. The second-order valence-electron chi connectivity index (χ2n) is 5.94. The monoisotopic (exact) mass is 363 g/mol. The number of hydrogen-bond acceptors (Lipinski definition) is 5. The van der Waals surface area contributed by atoms with Crippen LogP contribution in [0, 0.1) is 25.2 Å². The first kappa shape index (κ1) is 17.7. The third-order valence-electron chi connectivity index (χ3n) is 3.93. The van der Waals surface area contributed by atoms with Gasteiger partial charge in [0.2, 0.25) is 5.95 Å². The standard InChI is InChI=1S/C20H18ClN5/c1-13-9-16(11-21)10-14(2)19(13)25-18-7-8-23-20(26-18)24-17-5-3-15(12-22)4-6-17/h3-10H,11H2,1-2H3,(H2,23,24,25,26). The minimum Gasteiger partial charge on any atom is -0.340 e. The van der Waals surface area contributed by atoms with Crippen LogP contribution in [0.15, 0.2) is 48.7 Å². The largest absolute Gasteiger partial charge is 0.340 e. The Bertz CT molecular complexity index is 938. The molecule has 0 aliphatic rings. The molecule has 2 aromatic carbocycles. The van der Waals surface area contributed by atoms with Crippen LogP contribution in [0.5, 0.6) is 0 Å². The fraction of sp³-hybridized carbons (Fsp3) is 0.150. The highest BCUT2D eigenvalue weighted by molar-refractivity contribution is 6.17. The third-order valence-corrected chi connectivity index (χ3v) is 4.23.